The van der Waals surface area contributed by atoms with Crippen LogP contribution in [0.4, 0.5) is 0 Å². The Labute approximate surface area is 128 Å². The number of amides is 1. The molecule has 1 aromatic rings. The third kappa shape index (κ3) is 5.88. The van der Waals surface area contributed by atoms with Gasteiger partial charge in [0, 0.05) is 25.8 Å². The zero-order valence-corrected chi connectivity index (χ0v) is 12.8. The molecule has 0 spiro atoms. The monoisotopic (exact) mass is 310 g/mol. The Bertz CT molecular complexity index is 519. The third-order valence-electron chi connectivity index (χ3n) is 2.58. The number of hydrogen-bond donors (Lipinski definition) is 2. The topological polar surface area (TPSA) is 76.7 Å². The molecule has 0 unspecified atom stereocenters. The molecule has 0 aliphatic heterocycles. The van der Waals surface area contributed by atoms with Gasteiger partial charge in [-0.05, 0) is 36.8 Å². The molecular weight excluding hydrogens is 292 g/mol. The fourth-order valence-electron chi connectivity index (χ4n) is 1.54. The van der Waals surface area contributed by atoms with Crippen molar-refractivity contribution < 1.29 is 19.1 Å². The zero-order chi connectivity index (χ0) is 15.7. The van der Waals surface area contributed by atoms with Gasteiger partial charge in [-0.3, -0.25) is 10.1 Å². The van der Waals surface area contributed by atoms with Crippen LogP contribution >= 0.6 is 12.2 Å². The van der Waals surface area contributed by atoms with Crippen molar-refractivity contribution in [1.29, 1.82) is 0 Å². The van der Waals surface area contributed by atoms with E-state index in [2.05, 4.69) is 15.4 Å². The molecule has 0 aromatic heterocycles. The van der Waals surface area contributed by atoms with Gasteiger partial charge in [0.25, 0.3) is 5.91 Å². The first-order chi connectivity index (χ1) is 10.1. The number of thiocarbonyl (C=S) groups is 1. The Balaban J connectivity index is 2.55. The number of nitrogens with one attached hydrogen (secondary N) is 2. The van der Waals surface area contributed by atoms with E-state index >= 15 is 0 Å². The van der Waals surface area contributed by atoms with Gasteiger partial charge in [-0.2, -0.15) is 0 Å². The van der Waals surface area contributed by atoms with Crippen LogP contribution in [0.15, 0.2) is 24.3 Å². The van der Waals surface area contributed by atoms with Gasteiger partial charge in [0.15, 0.2) is 5.11 Å². The molecule has 0 aliphatic rings. The number of carbonyl (C=O) groups excluding carboxylic acids is 2. The average Bonchev–Trinajstić information content (AvgIpc) is 2.50. The summed E-state index contributed by atoms with van der Waals surface area (Å²) in [5, 5.41) is 5.68. The van der Waals surface area contributed by atoms with E-state index in [1.807, 2.05) is 0 Å². The Morgan fingerprint density at radius 1 is 1.24 bits per heavy atom. The minimum Gasteiger partial charge on any atom is -0.465 e. The molecule has 1 rings (SSSR count). The van der Waals surface area contributed by atoms with Gasteiger partial charge in [0.1, 0.15) is 0 Å². The predicted octanol–water partition coefficient (Wildman–Crippen LogP) is 1.11. The minimum atomic E-state index is -0.495. The number of esters is 1. The maximum Gasteiger partial charge on any atom is 0.337 e. The first-order valence-electron chi connectivity index (χ1n) is 6.35. The molecule has 0 atom stereocenters. The fraction of sp³-hybridized carbons (Fsp3) is 0.357. The number of rotatable bonds is 6. The van der Waals surface area contributed by atoms with Crippen LogP contribution in [0.3, 0.4) is 0 Å². The molecule has 1 amide bonds. The first-order valence-corrected chi connectivity index (χ1v) is 6.75. The SMILES string of the molecule is COCCCNC(=S)NC(=O)c1cccc(C(=O)OC)c1. The number of hydrogen-bond acceptors (Lipinski definition) is 5. The largest absolute Gasteiger partial charge is 0.465 e. The van der Waals surface area contributed by atoms with Crippen molar-refractivity contribution in [2.24, 2.45) is 0 Å². The molecule has 114 valence electrons. The number of benzene rings is 1. The van der Waals surface area contributed by atoms with Crippen LogP contribution in [-0.2, 0) is 9.47 Å². The van der Waals surface area contributed by atoms with Gasteiger partial charge in [-0.15, -0.1) is 0 Å². The second kappa shape index (κ2) is 9.04. The van der Waals surface area contributed by atoms with Crippen LogP contribution in [0.25, 0.3) is 0 Å². The van der Waals surface area contributed by atoms with E-state index in [1.54, 1.807) is 25.3 Å². The number of ether oxygens (including phenoxy) is 2. The third-order valence-corrected chi connectivity index (χ3v) is 2.83. The zero-order valence-electron chi connectivity index (χ0n) is 12.0. The Kier molecular flexibility index (Phi) is 7.34. The first kappa shape index (κ1) is 17.1. The van der Waals surface area contributed by atoms with E-state index in [4.69, 9.17) is 17.0 Å². The Hall–Kier alpha value is -1.99. The van der Waals surface area contributed by atoms with E-state index in [0.717, 1.165) is 6.42 Å². The maximum atomic E-state index is 12.0. The van der Waals surface area contributed by atoms with Gasteiger partial charge in [0.05, 0.1) is 12.7 Å². The molecule has 2 N–H and O–H groups in total. The van der Waals surface area contributed by atoms with Gasteiger partial charge >= 0.3 is 5.97 Å². The maximum absolute atomic E-state index is 12.0. The summed E-state index contributed by atoms with van der Waals surface area (Å²) in [6, 6.07) is 6.23. The van der Waals surface area contributed by atoms with E-state index in [1.165, 1.54) is 13.2 Å². The van der Waals surface area contributed by atoms with E-state index in [0.29, 0.717) is 24.3 Å². The van der Waals surface area contributed by atoms with Crippen molar-refractivity contribution >= 4 is 29.2 Å². The predicted molar refractivity (Wildman–Crippen MR) is 82.3 cm³/mol. The molecule has 0 heterocycles. The van der Waals surface area contributed by atoms with E-state index < -0.39 is 5.97 Å². The number of carbonyl (C=O) groups is 2. The Morgan fingerprint density at radius 2 is 1.95 bits per heavy atom. The van der Waals surface area contributed by atoms with Crippen LogP contribution in [0.1, 0.15) is 27.1 Å². The molecule has 0 saturated heterocycles. The standard InChI is InChI=1S/C14H18N2O4S/c1-19-8-4-7-15-14(21)16-12(17)10-5-3-6-11(9-10)13(18)20-2/h3,5-6,9H,4,7-8H2,1-2H3,(H2,15,16,17,21). The molecule has 0 saturated carbocycles. The minimum absolute atomic E-state index is 0.236. The van der Waals surface area contributed by atoms with Gasteiger partial charge < -0.3 is 14.8 Å². The normalized spacial score (nSPS) is 9.81. The Morgan fingerprint density at radius 3 is 2.62 bits per heavy atom. The summed E-state index contributed by atoms with van der Waals surface area (Å²) in [4.78, 5) is 23.4. The van der Waals surface area contributed by atoms with Gasteiger partial charge in [-0.1, -0.05) is 6.07 Å². The van der Waals surface area contributed by atoms with Crippen molar-refractivity contribution in [1.82, 2.24) is 10.6 Å². The van der Waals surface area contributed by atoms with Crippen molar-refractivity contribution in [3.8, 4) is 0 Å². The van der Waals surface area contributed by atoms with Gasteiger partial charge in [0.2, 0.25) is 0 Å². The van der Waals surface area contributed by atoms with Crippen LogP contribution in [-0.4, -0.2) is 44.4 Å². The quantitative estimate of drug-likeness (QED) is 0.466. The lowest BCUT2D eigenvalue weighted by atomic mass is 10.1. The molecule has 0 bridgehead atoms. The molecule has 21 heavy (non-hydrogen) atoms. The van der Waals surface area contributed by atoms with Crippen molar-refractivity contribution in [2.75, 3.05) is 27.4 Å². The van der Waals surface area contributed by atoms with Crippen molar-refractivity contribution in [3.05, 3.63) is 35.4 Å². The molecule has 7 heteroatoms. The molecule has 6 nitrogen and oxygen atoms in total. The van der Waals surface area contributed by atoms with Crippen LogP contribution in [0, 0.1) is 0 Å². The highest BCUT2D eigenvalue weighted by atomic mass is 32.1. The lowest BCUT2D eigenvalue weighted by molar-refractivity contribution is 0.0600. The van der Waals surface area contributed by atoms with Crippen LogP contribution < -0.4 is 10.6 Å². The summed E-state index contributed by atoms with van der Waals surface area (Å²) < 4.78 is 9.51. The van der Waals surface area contributed by atoms with Crippen molar-refractivity contribution in [3.63, 3.8) is 0 Å². The molecule has 0 radical (unpaired) electrons. The molecule has 0 aliphatic carbocycles. The summed E-state index contributed by atoms with van der Waals surface area (Å²) in [6.45, 7) is 1.22. The fourth-order valence-corrected chi connectivity index (χ4v) is 1.74. The van der Waals surface area contributed by atoms with E-state index in [-0.39, 0.29) is 11.0 Å². The highest BCUT2D eigenvalue weighted by molar-refractivity contribution is 7.80. The second-order valence-electron chi connectivity index (χ2n) is 4.13. The van der Waals surface area contributed by atoms with Crippen LogP contribution in [0.2, 0.25) is 0 Å². The molecular formula is C14H18N2O4S. The summed E-state index contributed by atoms with van der Waals surface area (Å²) in [5.41, 5.74) is 0.642. The van der Waals surface area contributed by atoms with Crippen LogP contribution in [0.5, 0.6) is 0 Å². The highest BCUT2D eigenvalue weighted by Gasteiger charge is 2.11. The van der Waals surface area contributed by atoms with E-state index in [9.17, 15) is 9.59 Å². The highest BCUT2D eigenvalue weighted by Crippen LogP contribution is 2.06. The molecule has 0 fully saturated rings. The lowest BCUT2D eigenvalue weighted by Gasteiger charge is -2.09. The molecule has 1 aromatic carbocycles. The smallest absolute Gasteiger partial charge is 0.337 e. The average molecular weight is 310 g/mol. The van der Waals surface area contributed by atoms with Crippen molar-refractivity contribution in [2.45, 2.75) is 6.42 Å². The number of methoxy groups -OCH3 is 2. The van der Waals surface area contributed by atoms with Gasteiger partial charge in [-0.25, -0.2) is 4.79 Å². The summed E-state index contributed by atoms with van der Waals surface area (Å²) >= 11 is 5.01. The summed E-state index contributed by atoms with van der Waals surface area (Å²) in [5.74, 6) is -0.880. The summed E-state index contributed by atoms with van der Waals surface area (Å²) in [7, 11) is 2.91. The summed E-state index contributed by atoms with van der Waals surface area (Å²) in [6.07, 6.45) is 0.782. The second-order valence-corrected chi connectivity index (χ2v) is 4.54. The lowest BCUT2D eigenvalue weighted by Crippen LogP contribution is -2.39.